The maximum absolute atomic E-state index is 13.2. The lowest BCUT2D eigenvalue weighted by Gasteiger charge is -2.25. The molecule has 1 amide bonds. The quantitative estimate of drug-likeness (QED) is 0.365. The van der Waals surface area contributed by atoms with Gasteiger partial charge in [-0.05, 0) is 72.5 Å². The van der Waals surface area contributed by atoms with Gasteiger partial charge in [-0.25, -0.2) is 0 Å². The van der Waals surface area contributed by atoms with Crippen LogP contribution in [0.2, 0.25) is 0 Å². The van der Waals surface area contributed by atoms with Crippen molar-refractivity contribution in [2.45, 2.75) is 38.8 Å². The predicted molar refractivity (Wildman–Crippen MR) is 125 cm³/mol. The Kier molecular flexibility index (Phi) is 5.21. The number of amides is 1. The predicted octanol–water partition coefficient (Wildman–Crippen LogP) is 4.59. The fraction of sp³-hybridized carbons (Fsp3) is 0.222. The van der Waals surface area contributed by atoms with Crippen LogP contribution in [0.15, 0.2) is 72.6 Å². The van der Waals surface area contributed by atoms with Gasteiger partial charge in [-0.2, -0.15) is 0 Å². The van der Waals surface area contributed by atoms with E-state index in [9.17, 15) is 14.7 Å². The summed E-state index contributed by atoms with van der Waals surface area (Å²) in [6.07, 6.45) is 4.88. The fourth-order valence-corrected chi connectivity index (χ4v) is 4.58. The lowest BCUT2D eigenvalue weighted by atomic mass is 9.95. The van der Waals surface area contributed by atoms with Crippen molar-refractivity contribution in [1.82, 2.24) is 4.98 Å². The molecule has 33 heavy (non-hydrogen) atoms. The number of hydrogen-bond acceptors (Lipinski definition) is 5. The smallest absolute Gasteiger partial charge is 0.300 e. The molecule has 0 radical (unpaired) electrons. The summed E-state index contributed by atoms with van der Waals surface area (Å²) in [5.41, 5.74) is 3.96. The van der Waals surface area contributed by atoms with Crippen molar-refractivity contribution in [3.05, 3.63) is 94.8 Å². The van der Waals surface area contributed by atoms with Gasteiger partial charge in [-0.3, -0.25) is 19.5 Å². The van der Waals surface area contributed by atoms with Gasteiger partial charge in [0.25, 0.3) is 11.7 Å². The van der Waals surface area contributed by atoms with Gasteiger partial charge in [0, 0.05) is 30.1 Å². The summed E-state index contributed by atoms with van der Waals surface area (Å²) >= 11 is 0. The number of fused-ring (bicyclic) bond motifs is 1. The third kappa shape index (κ3) is 3.57. The van der Waals surface area contributed by atoms with Gasteiger partial charge in [0.05, 0.1) is 11.6 Å². The highest BCUT2D eigenvalue weighted by Crippen LogP contribution is 2.42. The molecule has 3 aromatic rings. The molecule has 2 unspecified atom stereocenters. The van der Waals surface area contributed by atoms with E-state index in [-0.39, 0.29) is 17.4 Å². The summed E-state index contributed by atoms with van der Waals surface area (Å²) in [7, 11) is 0. The van der Waals surface area contributed by atoms with E-state index in [0.717, 1.165) is 29.7 Å². The lowest BCUT2D eigenvalue weighted by molar-refractivity contribution is -0.132. The molecule has 2 atom stereocenters. The van der Waals surface area contributed by atoms with E-state index < -0.39 is 17.7 Å². The van der Waals surface area contributed by atoms with Crippen LogP contribution < -0.4 is 9.64 Å². The summed E-state index contributed by atoms with van der Waals surface area (Å²) < 4.78 is 5.76. The highest BCUT2D eigenvalue weighted by atomic mass is 16.5. The molecule has 0 bridgehead atoms. The van der Waals surface area contributed by atoms with E-state index in [2.05, 4.69) is 11.9 Å². The Morgan fingerprint density at radius 3 is 2.52 bits per heavy atom. The Hall–Kier alpha value is -3.93. The van der Waals surface area contributed by atoms with Crippen LogP contribution in [-0.4, -0.2) is 27.9 Å². The Labute approximate surface area is 192 Å². The second-order valence-electron chi connectivity index (χ2n) is 8.42. The van der Waals surface area contributed by atoms with Crippen LogP contribution in [0.1, 0.15) is 42.1 Å². The first kappa shape index (κ1) is 20.9. The number of rotatable bonds is 4. The van der Waals surface area contributed by atoms with Gasteiger partial charge in [-0.15, -0.1) is 0 Å². The van der Waals surface area contributed by atoms with E-state index in [1.54, 1.807) is 36.7 Å². The fourth-order valence-electron chi connectivity index (χ4n) is 4.58. The summed E-state index contributed by atoms with van der Waals surface area (Å²) in [4.78, 5) is 32.0. The van der Waals surface area contributed by atoms with Crippen LogP contribution >= 0.6 is 0 Å². The van der Waals surface area contributed by atoms with Crippen molar-refractivity contribution in [1.29, 1.82) is 0 Å². The minimum absolute atomic E-state index is 0.0610. The van der Waals surface area contributed by atoms with Crippen LogP contribution in [-0.2, 0) is 22.4 Å². The largest absolute Gasteiger partial charge is 0.507 e. The zero-order valence-electron chi connectivity index (χ0n) is 18.5. The number of aryl methyl sites for hydroxylation is 1. The minimum Gasteiger partial charge on any atom is -0.507 e. The van der Waals surface area contributed by atoms with Crippen molar-refractivity contribution in [3.8, 4) is 5.75 Å². The number of carbonyl (C=O) groups excluding carboxylic acids is 2. The highest BCUT2D eigenvalue weighted by Gasteiger charge is 2.47. The zero-order chi connectivity index (χ0) is 23.1. The average Bonchev–Trinajstić information content (AvgIpc) is 3.34. The van der Waals surface area contributed by atoms with E-state index >= 15 is 0 Å². The Morgan fingerprint density at radius 1 is 1.09 bits per heavy atom. The second kappa shape index (κ2) is 8.20. The van der Waals surface area contributed by atoms with Gasteiger partial charge in [0.1, 0.15) is 17.6 Å². The maximum Gasteiger partial charge on any atom is 0.300 e. The second-order valence-corrected chi connectivity index (χ2v) is 8.42. The first-order valence-corrected chi connectivity index (χ1v) is 11.1. The van der Waals surface area contributed by atoms with Gasteiger partial charge >= 0.3 is 0 Å². The Bertz CT molecular complexity index is 1270. The van der Waals surface area contributed by atoms with Crippen molar-refractivity contribution in [2.24, 2.45) is 0 Å². The molecule has 2 aromatic carbocycles. The summed E-state index contributed by atoms with van der Waals surface area (Å²) in [6, 6.07) is 15.7. The number of Topliss-reactive ketones (excluding diaryl/α,β-unsaturated/α-hetero) is 1. The van der Waals surface area contributed by atoms with Crippen molar-refractivity contribution >= 4 is 23.1 Å². The van der Waals surface area contributed by atoms with Crippen molar-refractivity contribution in [2.75, 3.05) is 4.90 Å². The molecule has 1 fully saturated rings. The molecule has 6 nitrogen and oxygen atoms in total. The molecule has 1 N–H and O–H groups in total. The number of ether oxygens (including phenoxy) is 1. The molecule has 0 saturated carbocycles. The van der Waals surface area contributed by atoms with Gasteiger partial charge in [-0.1, -0.05) is 19.1 Å². The van der Waals surface area contributed by atoms with Crippen LogP contribution in [0.4, 0.5) is 5.69 Å². The molecular weight excluding hydrogens is 416 g/mol. The van der Waals surface area contributed by atoms with Gasteiger partial charge in [0.15, 0.2) is 0 Å². The van der Waals surface area contributed by atoms with Gasteiger partial charge < -0.3 is 9.84 Å². The molecule has 2 aliphatic rings. The number of ketones is 1. The molecule has 2 aliphatic heterocycles. The number of nitrogens with zero attached hydrogens (tertiary/aromatic N) is 2. The van der Waals surface area contributed by atoms with E-state index in [1.165, 1.54) is 4.90 Å². The molecule has 1 saturated heterocycles. The van der Waals surface area contributed by atoms with E-state index in [4.69, 9.17) is 4.74 Å². The standard InChI is InChI=1S/C27H24N2O4/c1-3-17-4-7-21(8-5-17)29-24(18-10-12-28-13-11-18)23(26(31)27(29)32)25(30)19-6-9-22-20(15-19)14-16(2)33-22/h4-13,15-16,24,30H,3,14H2,1-2H3/b25-23-. The first-order chi connectivity index (χ1) is 16.0. The molecule has 1 aromatic heterocycles. The third-order valence-electron chi connectivity index (χ3n) is 6.26. The van der Waals surface area contributed by atoms with Crippen LogP contribution in [0, 0.1) is 0 Å². The zero-order valence-corrected chi connectivity index (χ0v) is 18.5. The van der Waals surface area contributed by atoms with E-state index in [1.807, 2.05) is 37.3 Å². The van der Waals surface area contributed by atoms with Crippen LogP contribution in [0.3, 0.4) is 0 Å². The average molecular weight is 440 g/mol. The number of hydrogen-bond donors (Lipinski definition) is 1. The highest BCUT2D eigenvalue weighted by molar-refractivity contribution is 6.51. The number of anilines is 1. The van der Waals surface area contributed by atoms with Gasteiger partial charge in [0.2, 0.25) is 0 Å². The molecule has 6 heteroatoms. The number of aliphatic hydroxyl groups is 1. The maximum atomic E-state index is 13.2. The van der Waals surface area contributed by atoms with Crippen LogP contribution in [0.25, 0.3) is 5.76 Å². The van der Waals surface area contributed by atoms with Crippen molar-refractivity contribution in [3.63, 3.8) is 0 Å². The lowest BCUT2D eigenvalue weighted by Crippen LogP contribution is -2.29. The molecular formula is C27H24N2O4. The SMILES string of the molecule is CCc1ccc(N2C(=O)C(=O)/C(=C(\O)c3ccc4c(c3)CC(C)O4)C2c2ccncc2)cc1. The van der Waals surface area contributed by atoms with E-state index in [0.29, 0.717) is 16.8 Å². The molecule has 0 aliphatic carbocycles. The Morgan fingerprint density at radius 2 is 1.82 bits per heavy atom. The number of carbonyl (C=O) groups is 2. The third-order valence-corrected chi connectivity index (χ3v) is 6.26. The molecule has 3 heterocycles. The first-order valence-electron chi connectivity index (χ1n) is 11.1. The summed E-state index contributed by atoms with van der Waals surface area (Å²) in [6.45, 7) is 4.04. The summed E-state index contributed by atoms with van der Waals surface area (Å²) in [5, 5.41) is 11.3. The molecule has 5 rings (SSSR count). The van der Waals surface area contributed by atoms with Crippen molar-refractivity contribution < 1.29 is 19.4 Å². The van der Waals surface area contributed by atoms with Crippen LogP contribution in [0.5, 0.6) is 5.75 Å². The normalized spacial score (nSPS) is 21.2. The number of aliphatic hydroxyl groups excluding tert-OH is 1. The Balaban J connectivity index is 1.66. The summed E-state index contributed by atoms with van der Waals surface area (Å²) in [5.74, 6) is -0.786. The number of aromatic nitrogens is 1. The number of pyridine rings is 1. The topological polar surface area (TPSA) is 79.7 Å². The monoisotopic (exact) mass is 440 g/mol. The molecule has 166 valence electrons. The number of benzene rings is 2. The molecule has 0 spiro atoms. The minimum atomic E-state index is -0.760.